The standard InChI is InChI=1S/C70H136O17P2/c1-9-62(7)48-40-32-24-20-21-27-37-45-53-70(75)87-65(56-80-67(72)50-42-34-25-18-13-11-12-16-22-30-38-46-60(3)4)58-84-88(76,77)82-54-64(71)55-83-89(78,79)85-59-66(57-81-68(73)51-43-35-29-28-33-41-49-63(8)10-2)86-69(74)52-44-36-26-19-15-14-17-23-31-39-47-61(5)6/h60-66,71H,9-59H2,1-8H3,(H,76,77)(H,78,79)/t62?,63?,64-,65-,66-/m1/s1. The normalized spacial score (nSPS) is 14.9. The van der Waals surface area contributed by atoms with Crippen LogP contribution in [0.25, 0.3) is 0 Å². The maximum atomic E-state index is 13.0. The molecular formula is C70H136O17P2. The third-order valence-corrected chi connectivity index (χ3v) is 18.7. The summed E-state index contributed by atoms with van der Waals surface area (Å²) >= 11 is 0. The van der Waals surface area contributed by atoms with E-state index in [1.54, 1.807) is 0 Å². The summed E-state index contributed by atoms with van der Waals surface area (Å²) in [5.74, 6) is 0.892. The molecule has 0 aliphatic rings. The van der Waals surface area contributed by atoms with E-state index >= 15 is 0 Å². The number of aliphatic hydroxyl groups is 1. The van der Waals surface area contributed by atoms with Crippen molar-refractivity contribution >= 4 is 39.5 Å². The molecule has 0 aromatic rings. The van der Waals surface area contributed by atoms with Crippen molar-refractivity contribution in [3.8, 4) is 0 Å². The van der Waals surface area contributed by atoms with Crippen molar-refractivity contribution in [2.75, 3.05) is 39.6 Å². The summed E-state index contributed by atoms with van der Waals surface area (Å²) in [5.41, 5.74) is 0. The first-order valence-corrected chi connectivity index (χ1v) is 39.3. The van der Waals surface area contributed by atoms with Gasteiger partial charge in [0.05, 0.1) is 26.4 Å². The molecule has 0 aromatic carbocycles. The summed E-state index contributed by atoms with van der Waals surface area (Å²) in [7, 11) is -9.90. The van der Waals surface area contributed by atoms with Crippen molar-refractivity contribution in [2.45, 2.75) is 363 Å². The molecule has 0 bridgehead atoms. The molecule has 3 N–H and O–H groups in total. The fraction of sp³-hybridized carbons (Fsp3) is 0.943. The lowest BCUT2D eigenvalue weighted by atomic mass is 9.99. The number of phosphoric acid groups is 2. The van der Waals surface area contributed by atoms with Gasteiger partial charge in [0.2, 0.25) is 0 Å². The number of hydrogen-bond acceptors (Lipinski definition) is 15. The van der Waals surface area contributed by atoms with E-state index in [0.29, 0.717) is 25.7 Å². The molecule has 0 rings (SSSR count). The van der Waals surface area contributed by atoms with E-state index in [-0.39, 0.29) is 25.7 Å². The molecular weight excluding hydrogens is 1170 g/mol. The van der Waals surface area contributed by atoms with Gasteiger partial charge < -0.3 is 33.8 Å². The average molecular weight is 1310 g/mol. The third-order valence-electron chi connectivity index (χ3n) is 16.8. The predicted octanol–water partition coefficient (Wildman–Crippen LogP) is 19.7. The van der Waals surface area contributed by atoms with E-state index in [4.69, 9.17) is 37.0 Å². The largest absolute Gasteiger partial charge is 0.472 e. The van der Waals surface area contributed by atoms with E-state index in [1.807, 2.05) is 0 Å². The number of esters is 4. The van der Waals surface area contributed by atoms with Crippen LogP contribution in [0.4, 0.5) is 0 Å². The summed E-state index contributed by atoms with van der Waals surface area (Å²) in [5, 5.41) is 10.6. The van der Waals surface area contributed by atoms with Gasteiger partial charge in [-0.2, -0.15) is 0 Å². The Bertz CT molecular complexity index is 1770. The van der Waals surface area contributed by atoms with Gasteiger partial charge in [-0.1, -0.05) is 293 Å². The van der Waals surface area contributed by atoms with Gasteiger partial charge in [-0.3, -0.25) is 37.3 Å². The van der Waals surface area contributed by atoms with Crippen molar-refractivity contribution in [3.63, 3.8) is 0 Å². The minimum atomic E-state index is -4.95. The zero-order valence-corrected chi connectivity index (χ0v) is 59.8. The van der Waals surface area contributed by atoms with Gasteiger partial charge in [-0.15, -0.1) is 0 Å². The number of carbonyl (C=O) groups is 4. The van der Waals surface area contributed by atoms with E-state index in [1.165, 1.54) is 141 Å². The molecule has 19 heteroatoms. The lowest BCUT2D eigenvalue weighted by Gasteiger charge is -2.21. The second-order valence-corrected chi connectivity index (χ2v) is 29.6. The minimum Gasteiger partial charge on any atom is -0.462 e. The summed E-state index contributed by atoms with van der Waals surface area (Å²) < 4.78 is 68.3. The summed E-state index contributed by atoms with van der Waals surface area (Å²) in [6, 6.07) is 0. The molecule has 0 amide bonds. The topological polar surface area (TPSA) is 237 Å². The molecule has 0 fully saturated rings. The maximum Gasteiger partial charge on any atom is 0.472 e. The highest BCUT2D eigenvalue weighted by Crippen LogP contribution is 2.45. The molecule has 0 aromatic heterocycles. The van der Waals surface area contributed by atoms with Crippen LogP contribution in [0, 0.1) is 23.7 Å². The zero-order chi connectivity index (χ0) is 66.1. The quantitative estimate of drug-likeness (QED) is 0.0222. The molecule has 17 nitrogen and oxygen atoms in total. The first-order valence-electron chi connectivity index (χ1n) is 36.3. The number of rotatable bonds is 67. The lowest BCUT2D eigenvalue weighted by molar-refractivity contribution is -0.161. The Hall–Kier alpha value is -1.94. The van der Waals surface area contributed by atoms with Gasteiger partial charge in [-0.25, -0.2) is 9.13 Å². The molecule has 0 saturated heterocycles. The highest BCUT2D eigenvalue weighted by Gasteiger charge is 2.30. The molecule has 528 valence electrons. The predicted molar refractivity (Wildman–Crippen MR) is 358 cm³/mol. The van der Waals surface area contributed by atoms with Gasteiger partial charge in [0.25, 0.3) is 0 Å². The van der Waals surface area contributed by atoms with Gasteiger partial charge in [0, 0.05) is 25.7 Å². The van der Waals surface area contributed by atoms with Gasteiger partial charge in [-0.05, 0) is 49.4 Å². The fourth-order valence-electron chi connectivity index (χ4n) is 10.4. The summed E-state index contributed by atoms with van der Waals surface area (Å²) in [6.07, 6.45) is 41.6. The van der Waals surface area contributed by atoms with Gasteiger partial charge in [0.1, 0.15) is 19.3 Å². The van der Waals surface area contributed by atoms with Crippen LogP contribution in [0.2, 0.25) is 0 Å². The summed E-state index contributed by atoms with van der Waals surface area (Å²) in [4.78, 5) is 72.5. The Morgan fingerprint density at radius 1 is 0.315 bits per heavy atom. The second kappa shape index (κ2) is 59.8. The Balaban J connectivity index is 5.27. The van der Waals surface area contributed by atoms with Crippen LogP contribution in [0.15, 0.2) is 0 Å². The van der Waals surface area contributed by atoms with E-state index in [2.05, 4.69) is 55.4 Å². The van der Waals surface area contributed by atoms with Crippen molar-refractivity contribution in [2.24, 2.45) is 23.7 Å². The number of phosphoric ester groups is 2. The lowest BCUT2D eigenvalue weighted by Crippen LogP contribution is -2.30. The van der Waals surface area contributed by atoms with Gasteiger partial charge >= 0.3 is 39.5 Å². The molecule has 0 heterocycles. The second-order valence-electron chi connectivity index (χ2n) is 26.7. The number of unbranched alkanes of at least 4 members (excludes halogenated alkanes) is 31. The van der Waals surface area contributed by atoms with Crippen LogP contribution in [-0.2, 0) is 65.4 Å². The van der Waals surface area contributed by atoms with Crippen molar-refractivity contribution < 1.29 is 80.2 Å². The van der Waals surface area contributed by atoms with Crippen molar-refractivity contribution in [1.82, 2.24) is 0 Å². The Labute approximate surface area is 543 Å². The SMILES string of the molecule is CCC(C)CCCCCCCCCCC(=O)O[C@H](COC(=O)CCCCCCCCCCCCCC(C)C)COP(=O)(O)OC[C@@H](O)COP(=O)(O)OC[C@@H](COC(=O)CCCCCCCCC(C)CC)OC(=O)CCCCCCCCCCCCC(C)C. The highest BCUT2D eigenvalue weighted by molar-refractivity contribution is 7.47. The molecule has 0 aliphatic heterocycles. The maximum absolute atomic E-state index is 13.0. The first kappa shape index (κ1) is 87.1. The average Bonchev–Trinajstić information content (AvgIpc) is 3.65. The van der Waals surface area contributed by atoms with Crippen LogP contribution < -0.4 is 0 Å². The molecule has 0 spiro atoms. The van der Waals surface area contributed by atoms with Crippen LogP contribution in [0.1, 0.15) is 344 Å². The van der Waals surface area contributed by atoms with E-state index in [0.717, 1.165) is 120 Å². The molecule has 4 unspecified atom stereocenters. The minimum absolute atomic E-state index is 0.104. The zero-order valence-electron chi connectivity index (χ0n) is 58.1. The number of hydrogen-bond donors (Lipinski definition) is 3. The Morgan fingerprint density at radius 3 is 0.798 bits per heavy atom. The van der Waals surface area contributed by atoms with Crippen LogP contribution in [-0.4, -0.2) is 96.7 Å². The Morgan fingerprint density at radius 2 is 0.539 bits per heavy atom. The third kappa shape index (κ3) is 62.0. The number of ether oxygens (including phenoxy) is 4. The smallest absolute Gasteiger partial charge is 0.462 e. The molecule has 89 heavy (non-hydrogen) atoms. The Kier molecular flexibility index (Phi) is 58.5. The fourth-order valence-corrected chi connectivity index (χ4v) is 12.0. The first-order chi connectivity index (χ1) is 42.7. The van der Waals surface area contributed by atoms with E-state index in [9.17, 15) is 43.2 Å². The molecule has 0 saturated carbocycles. The molecule has 0 aliphatic carbocycles. The van der Waals surface area contributed by atoms with E-state index < -0.39 is 97.5 Å². The van der Waals surface area contributed by atoms with Crippen molar-refractivity contribution in [1.29, 1.82) is 0 Å². The number of aliphatic hydroxyl groups excluding tert-OH is 1. The molecule has 7 atom stereocenters. The monoisotopic (exact) mass is 1310 g/mol. The summed E-state index contributed by atoms with van der Waals surface area (Å²) in [6.45, 7) is 14.1. The highest BCUT2D eigenvalue weighted by atomic mass is 31.2. The van der Waals surface area contributed by atoms with Gasteiger partial charge in [0.15, 0.2) is 12.2 Å². The van der Waals surface area contributed by atoms with Crippen molar-refractivity contribution in [3.05, 3.63) is 0 Å². The van der Waals surface area contributed by atoms with Crippen LogP contribution in [0.3, 0.4) is 0 Å². The van der Waals surface area contributed by atoms with Crippen LogP contribution in [0.5, 0.6) is 0 Å². The van der Waals surface area contributed by atoms with Crippen LogP contribution >= 0.6 is 15.6 Å². The molecule has 0 radical (unpaired) electrons. The number of carbonyl (C=O) groups excluding carboxylic acids is 4.